The van der Waals surface area contributed by atoms with E-state index in [-0.39, 0.29) is 0 Å². The van der Waals surface area contributed by atoms with Gasteiger partial charge in [0.05, 0.1) is 0 Å². The van der Waals surface area contributed by atoms with Gasteiger partial charge < -0.3 is 0 Å². The minimum Gasteiger partial charge on any atom is -0.0616 e. The van der Waals surface area contributed by atoms with Crippen molar-refractivity contribution in [3.8, 4) is 11.1 Å². The van der Waals surface area contributed by atoms with Gasteiger partial charge in [0.25, 0.3) is 0 Å². The maximum Gasteiger partial charge on any atom is -0.00928 e. The SMILES string of the molecule is c1ccc2c(c1)ccc1cc(-c3cc4c5ccccc5ccc4c4ccccc34)ccc12. The fourth-order valence-electron chi connectivity index (χ4n) is 5.28. The van der Waals surface area contributed by atoms with Crippen LogP contribution in [0.15, 0.2) is 121 Å². The molecule has 0 N–H and O–H groups in total. The van der Waals surface area contributed by atoms with Gasteiger partial charge in [-0.2, -0.15) is 0 Å². The predicted molar refractivity (Wildman–Crippen MR) is 139 cm³/mol. The summed E-state index contributed by atoms with van der Waals surface area (Å²) in [5.74, 6) is 0. The molecule has 0 aliphatic rings. The van der Waals surface area contributed by atoms with Crippen LogP contribution in [0.4, 0.5) is 0 Å². The summed E-state index contributed by atoms with van der Waals surface area (Å²) in [5, 5.41) is 13.0. The van der Waals surface area contributed by atoms with E-state index in [1.54, 1.807) is 0 Å². The zero-order valence-corrected chi connectivity index (χ0v) is 17.5. The third-order valence-corrected chi connectivity index (χ3v) is 6.82. The molecular formula is C32H20. The van der Waals surface area contributed by atoms with Crippen LogP contribution < -0.4 is 0 Å². The summed E-state index contributed by atoms with van der Waals surface area (Å²) >= 11 is 0. The summed E-state index contributed by atoms with van der Waals surface area (Å²) < 4.78 is 0. The monoisotopic (exact) mass is 404 g/mol. The minimum absolute atomic E-state index is 1.26. The molecule has 0 unspecified atom stereocenters. The van der Waals surface area contributed by atoms with Crippen LogP contribution in [-0.4, -0.2) is 0 Å². The average molecular weight is 405 g/mol. The average Bonchev–Trinajstić information content (AvgIpc) is 2.87. The molecule has 7 aromatic carbocycles. The fraction of sp³-hybridized carbons (Fsp3) is 0. The zero-order chi connectivity index (χ0) is 21.1. The molecule has 0 amide bonds. The molecule has 0 heteroatoms. The molecule has 0 fully saturated rings. The third kappa shape index (κ3) is 2.50. The van der Waals surface area contributed by atoms with Gasteiger partial charge in [-0.1, -0.05) is 109 Å². The summed E-state index contributed by atoms with van der Waals surface area (Å²) in [7, 11) is 0. The van der Waals surface area contributed by atoms with E-state index < -0.39 is 0 Å². The summed E-state index contributed by atoms with van der Waals surface area (Å²) in [6.45, 7) is 0. The Morgan fingerprint density at radius 3 is 1.56 bits per heavy atom. The van der Waals surface area contributed by atoms with Gasteiger partial charge in [0.15, 0.2) is 0 Å². The molecule has 148 valence electrons. The van der Waals surface area contributed by atoms with E-state index in [0.29, 0.717) is 0 Å². The molecule has 0 aliphatic heterocycles. The largest absolute Gasteiger partial charge is 0.0616 e. The first kappa shape index (κ1) is 17.5. The van der Waals surface area contributed by atoms with E-state index in [2.05, 4.69) is 121 Å². The summed E-state index contributed by atoms with van der Waals surface area (Å²) in [5.41, 5.74) is 2.55. The molecule has 0 atom stereocenters. The lowest BCUT2D eigenvalue weighted by Crippen LogP contribution is -1.87. The van der Waals surface area contributed by atoms with Crippen molar-refractivity contribution in [3.05, 3.63) is 121 Å². The number of hydrogen-bond donors (Lipinski definition) is 0. The summed E-state index contributed by atoms with van der Waals surface area (Å²) in [6.07, 6.45) is 0. The number of benzene rings is 7. The Morgan fingerprint density at radius 1 is 0.281 bits per heavy atom. The van der Waals surface area contributed by atoms with Crippen LogP contribution in [0.3, 0.4) is 0 Å². The van der Waals surface area contributed by atoms with Crippen LogP contribution >= 0.6 is 0 Å². The number of rotatable bonds is 1. The van der Waals surface area contributed by atoms with Gasteiger partial charge in [-0.05, 0) is 77.1 Å². The van der Waals surface area contributed by atoms with Crippen molar-refractivity contribution >= 4 is 53.9 Å². The third-order valence-electron chi connectivity index (χ3n) is 6.82. The molecule has 0 bridgehead atoms. The van der Waals surface area contributed by atoms with Crippen molar-refractivity contribution in [1.29, 1.82) is 0 Å². The highest BCUT2D eigenvalue weighted by Crippen LogP contribution is 2.39. The Labute approximate surface area is 186 Å². The smallest absolute Gasteiger partial charge is 0.00928 e. The second kappa shape index (κ2) is 6.67. The highest BCUT2D eigenvalue weighted by atomic mass is 14.1. The maximum absolute atomic E-state index is 2.39. The van der Waals surface area contributed by atoms with E-state index in [1.165, 1.54) is 65.0 Å². The molecule has 32 heavy (non-hydrogen) atoms. The minimum atomic E-state index is 1.26. The van der Waals surface area contributed by atoms with Crippen molar-refractivity contribution in [2.75, 3.05) is 0 Å². The molecular weight excluding hydrogens is 384 g/mol. The first-order valence-electron chi connectivity index (χ1n) is 11.1. The Morgan fingerprint density at radius 2 is 0.781 bits per heavy atom. The quantitative estimate of drug-likeness (QED) is 0.239. The van der Waals surface area contributed by atoms with Crippen LogP contribution in [-0.2, 0) is 0 Å². The molecule has 0 saturated heterocycles. The van der Waals surface area contributed by atoms with E-state index in [4.69, 9.17) is 0 Å². The number of hydrogen-bond acceptors (Lipinski definition) is 0. The van der Waals surface area contributed by atoms with Gasteiger partial charge in [0.1, 0.15) is 0 Å². The van der Waals surface area contributed by atoms with E-state index in [9.17, 15) is 0 Å². The molecule has 0 nitrogen and oxygen atoms in total. The van der Waals surface area contributed by atoms with Crippen molar-refractivity contribution in [2.45, 2.75) is 0 Å². The highest BCUT2D eigenvalue weighted by molar-refractivity contribution is 6.21. The van der Waals surface area contributed by atoms with Gasteiger partial charge in [-0.25, -0.2) is 0 Å². The second-order valence-electron chi connectivity index (χ2n) is 8.57. The van der Waals surface area contributed by atoms with Gasteiger partial charge >= 0.3 is 0 Å². The lowest BCUT2D eigenvalue weighted by Gasteiger charge is -2.14. The first-order valence-corrected chi connectivity index (χ1v) is 11.1. The Balaban J connectivity index is 1.59. The van der Waals surface area contributed by atoms with Gasteiger partial charge in [0, 0.05) is 0 Å². The standard InChI is InChI=1S/C32H20/c1-3-9-25-21(7-1)13-14-23-19-24(16-17-27(23)25)31-20-32-26-10-4-2-8-22(26)15-18-30(32)28-11-5-6-12-29(28)31/h1-20H. The normalized spacial score (nSPS) is 11.8. The highest BCUT2D eigenvalue weighted by Gasteiger charge is 2.11. The van der Waals surface area contributed by atoms with Crippen molar-refractivity contribution in [3.63, 3.8) is 0 Å². The van der Waals surface area contributed by atoms with Crippen molar-refractivity contribution < 1.29 is 0 Å². The number of fused-ring (bicyclic) bond motifs is 8. The summed E-state index contributed by atoms with van der Waals surface area (Å²) in [4.78, 5) is 0. The lowest BCUT2D eigenvalue weighted by molar-refractivity contribution is 1.71. The van der Waals surface area contributed by atoms with Crippen LogP contribution in [0.25, 0.3) is 65.0 Å². The van der Waals surface area contributed by atoms with Gasteiger partial charge in [-0.15, -0.1) is 0 Å². The molecule has 0 aliphatic carbocycles. The van der Waals surface area contributed by atoms with Gasteiger partial charge in [0.2, 0.25) is 0 Å². The molecule has 7 aromatic rings. The van der Waals surface area contributed by atoms with E-state index in [0.717, 1.165) is 0 Å². The molecule has 0 saturated carbocycles. The molecule has 0 radical (unpaired) electrons. The fourth-order valence-corrected chi connectivity index (χ4v) is 5.28. The topological polar surface area (TPSA) is 0 Å². The first-order chi connectivity index (χ1) is 15.9. The Hall–Kier alpha value is -4.16. The molecule has 7 rings (SSSR count). The Bertz CT molecular complexity index is 1820. The maximum atomic E-state index is 2.39. The van der Waals surface area contributed by atoms with Crippen molar-refractivity contribution in [1.82, 2.24) is 0 Å². The zero-order valence-electron chi connectivity index (χ0n) is 17.5. The predicted octanol–water partition coefficient (Wildman–Crippen LogP) is 9.12. The van der Waals surface area contributed by atoms with Gasteiger partial charge in [-0.3, -0.25) is 0 Å². The molecule has 0 spiro atoms. The van der Waals surface area contributed by atoms with Crippen LogP contribution in [0.2, 0.25) is 0 Å². The summed E-state index contributed by atoms with van der Waals surface area (Å²) in [6, 6.07) is 44.4. The van der Waals surface area contributed by atoms with Crippen molar-refractivity contribution in [2.24, 2.45) is 0 Å². The lowest BCUT2D eigenvalue weighted by atomic mass is 9.90. The molecule has 0 heterocycles. The van der Waals surface area contributed by atoms with Crippen LogP contribution in [0.1, 0.15) is 0 Å². The van der Waals surface area contributed by atoms with Crippen LogP contribution in [0, 0.1) is 0 Å². The van der Waals surface area contributed by atoms with E-state index in [1.807, 2.05) is 0 Å². The second-order valence-corrected chi connectivity index (χ2v) is 8.57. The Kier molecular flexibility index (Phi) is 3.65. The molecule has 0 aromatic heterocycles. The van der Waals surface area contributed by atoms with E-state index >= 15 is 0 Å². The van der Waals surface area contributed by atoms with Crippen LogP contribution in [0.5, 0.6) is 0 Å².